The lowest BCUT2D eigenvalue weighted by atomic mass is 10.1. The Bertz CT molecular complexity index is 783. The Morgan fingerprint density at radius 3 is 1.80 bits per heavy atom. The Morgan fingerprint density at radius 1 is 0.920 bits per heavy atom. The van der Waals surface area contributed by atoms with Crippen molar-refractivity contribution in [2.45, 2.75) is 12.8 Å². The highest BCUT2D eigenvalue weighted by atomic mass is 16.5. The second-order valence-electron chi connectivity index (χ2n) is 7.14. The maximum absolute atomic E-state index is 13.0. The third-order valence-corrected chi connectivity index (χ3v) is 4.77. The zero-order chi connectivity index (χ0) is 17.7. The van der Waals surface area contributed by atoms with Crippen molar-refractivity contribution in [1.82, 2.24) is 0 Å². The zero-order valence-electron chi connectivity index (χ0n) is 15.1. The largest absolute Gasteiger partial charge is 0.453 e. The number of carbonyl (C=O) groups is 1. The molecule has 2 aromatic rings. The summed E-state index contributed by atoms with van der Waals surface area (Å²) in [6.45, 7) is 0. The molecule has 4 rings (SSSR count). The average molecular weight is 337 g/mol. The number of ether oxygens (including phenoxy) is 1. The molecule has 5 heteroatoms. The van der Waals surface area contributed by atoms with Gasteiger partial charge in [0.05, 0.1) is 11.4 Å². The van der Waals surface area contributed by atoms with Gasteiger partial charge >= 0.3 is 0 Å². The molecule has 130 valence electrons. The summed E-state index contributed by atoms with van der Waals surface area (Å²) >= 11 is 0. The van der Waals surface area contributed by atoms with Gasteiger partial charge in [0.1, 0.15) is 0 Å². The SMILES string of the molecule is CN(C)c1ccc2c(c1)Oc1cc(N(C)C)ccc1N2C(=O)C1CC1. The summed E-state index contributed by atoms with van der Waals surface area (Å²) in [7, 11) is 7.98. The van der Waals surface area contributed by atoms with E-state index in [2.05, 4.69) is 0 Å². The smallest absolute Gasteiger partial charge is 0.234 e. The number of carbonyl (C=O) groups excluding carboxylic acids is 1. The molecule has 1 heterocycles. The van der Waals surface area contributed by atoms with E-state index in [0.29, 0.717) is 0 Å². The molecule has 1 fully saturated rings. The van der Waals surface area contributed by atoms with E-state index < -0.39 is 0 Å². The molecule has 1 aliphatic carbocycles. The molecule has 0 radical (unpaired) electrons. The van der Waals surface area contributed by atoms with E-state index in [4.69, 9.17) is 4.74 Å². The highest BCUT2D eigenvalue weighted by Gasteiger charge is 2.38. The minimum atomic E-state index is 0.140. The normalized spacial score (nSPS) is 15.1. The van der Waals surface area contributed by atoms with Crippen LogP contribution in [0.1, 0.15) is 12.8 Å². The molecular weight excluding hydrogens is 314 g/mol. The molecule has 2 aliphatic rings. The lowest BCUT2D eigenvalue weighted by Gasteiger charge is -2.32. The molecule has 1 aliphatic heterocycles. The number of amides is 1. The molecule has 25 heavy (non-hydrogen) atoms. The molecule has 1 amide bonds. The van der Waals surface area contributed by atoms with E-state index in [1.54, 1.807) is 0 Å². The van der Waals surface area contributed by atoms with Crippen LogP contribution >= 0.6 is 0 Å². The topological polar surface area (TPSA) is 36.0 Å². The van der Waals surface area contributed by atoms with Crippen LogP contribution < -0.4 is 19.4 Å². The molecular formula is C20H23N3O2. The first-order valence-electron chi connectivity index (χ1n) is 8.60. The van der Waals surface area contributed by atoms with Crippen LogP contribution in [0.15, 0.2) is 36.4 Å². The van der Waals surface area contributed by atoms with Crippen molar-refractivity contribution in [1.29, 1.82) is 0 Å². The standard InChI is InChI=1S/C20H23N3O2/c1-21(2)14-7-9-16-18(11-14)25-19-12-15(22(3)4)8-10-17(19)23(16)20(24)13-5-6-13/h7-13H,5-6H2,1-4H3. The van der Waals surface area contributed by atoms with Crippen LogP contribution in [0.2, 0.25) is 0 Å². The quantitative estimate of drug-likeness (QED) is 0.848. The predicted molar refractivity (Wildman–Crippen MR) is 101 cm³/mol. The fourth-order valence-electron chi connectivity index (χ4n) is 3.09. The van der Waals surface area contributed by atoms with Gasteiger partial charge in [0.2, 0.25) is 5.91 Å². The molecule has 0 atom stereocenters. The molecule has 0 aromatic heterocycles. The molecule has 5 nitrogen and oxygen atoms in total. The van der Waals surface area contributed by atoms with Crippen molar-refractivity contribution >= 4 is 28.7 Å². The van der Waals surface area contributed by atoms with Crippen LogP contribution in [0.5, 0.6) is 11.5 Å². The number of benzene rings is 2. The van der Waals surface area contributed by atoms with Crippen molar-refractivity contribution < 1.29 is 9.53 Å². The van der Waals surface area contributed by atoms with E-state index in [0.717, 1.165) is 47.1 Å². The minimum Gasteiger partial charge on any atom is -0.453 e. The van der Waals surface area contributed by atoms with Crippen LogP contribution in [-0.4, -0.2) is 34.1 Å². The molecule has 2 aromatic carbocycles. The summed E-state index contributed by atoms with van der Waals surface area (Å²) in [5.41, 5.74) is 3.75. The van der Waals surface area contributed by atoms with Gasteiger partial charge in [-0.15, -0.1) is 0 Å². The fraction of sp³-hybridized carbons (Fsp3) is 0.350. The van der Waals surface area contributed by atoms with Crippen molar-refractivity contribution in [3.8, 4) is 11.5 Å². The number of fused-ring (bicyclic) bond motifs is 2. The van der Waals surface area contributed by atoms with Gasteiger partial charge < -0.3 is 14.5 Å². The Kier molecular flexibility index (Phi) is 3.60. The summed E-state index contributed by atoms with van der Waals surface area (Å²) in [6, 6.07) is 12.0. The van der Waals surface area contributed by atoms with E-state index in [1.165, 1.54) is 0 Å². The third-order valence-electron chi connectivity index (χ3n) is 4.77. The molecule has 0 unspecified atom stereocenters. The number of anilines is 4. The molecule has 1 saturated carbocycles. The van der Waals surface area contributed by atoms with E-state index in [-0.39, 0.29) is 11.8 Å². The third kappa shape index (κ3) is 2.69. The first-order chi connectivity index (χ1) is 12.0. The van der Waals surface area contributed by atoms with Gasteiger partial charge in [-0.25, -0.2) is 0 Å². The molecule has 0 bridgehead atoms. The summed E-state index contributed by atoms with van der Waals surface area (Å²) in [5.74, 6) is 1.76. The second-order valence-corrected chi connectivity index (χ2v) is 7.14. The maximum atomic E-state index is 13.0. The average Bonchev–Trinajstić information content (AvgIpc) is 3.42. The van der Waals surface area contributed by atoms with Crippen LogP contribution in [0.3, 0.4) is 0 Å². The first kappa shape index (κ1) is 15.8. The summed E-state index contributed by atoms with van der Waals surface area (Å²) in [6.07, 6.45) is 1.96. The number of hydrogen-bond acceptors (Lipinski definition) is 4. The lowest BCUT2D eigenvalue weighted by molar-refractivity contribution is -0.119. The molecule has 0 N–H and O–H groups in total. The van der Waals surface area contributed by atoms with Crippen LogP contribution in [0, 0.1) is 5.92 Å². The van der Waals surface area contributed by atoms with Gasteiger partial charge in [-0.1, -0.05) is 0 Å². The fourth-order valence-corrected chi connectivity index (χ4v) is 3.09. The monoisotopic (exact) mass is 337 g/mol. The van der Waals surface area contributed by atoms with Crippen LogP contribution in [-0.2, 0) is 4.79 Å². The Labute approximate surface area is 148 Å². The molecule has 0 saturated heterocycles. The van der Waals surface area contributed by atoms with E-state index >= 15 is 0 Å². The highest BCUT2D eigenvalue weighted by molar-refractivity contribution is 6.06. The Balaban J connectivity index is 1.85. The number of rotatable bonds is 3. The Morgan fingerprint density at radius 2 is 1.40 bits per heavy atom. The summed E-state index contributed by atoms with van der Waals surface area (Å²) < 4.78 is 6.19. The van der Waals surface area contributed by atoms with Gasteiger partial charge in [0, 0.05) is 57.6 Å². The Hall–Kier alpha value is -2.69. The van der Waals surface area contributed by atoms with Crippen molar-refractivity contribution in [3.05, 3.63) is 36.4 Å². The maximum Gasteiger partial charge on any atom is 0.234 e. The van der Waals surface area contributed by atoms with Gasteiger partial charge in [-0.3, -0.25) is 9.69 Å². The number of hydrogen-bond donors (Lipinski definition) is 0. The molecule has 0 spiro atoms. The van der Waals surface area contributed by atoms with E-state index in [9.17, 15) is 4.79 Å². The minimum absolute atomic E-state index is 0.140. The van der Waals surface area contributed by atoms with Crippen molar-refractivity contribution in [3.63, 3.8) is 0 Å². The van der Waals surface area contributed by atoms with Gasteiger partial charge in [0.15, 0.2) is 11.5 Å². The summed E-state index contributed by atoms with van der Waals surface area (Å²) in [4.78, 5) is 18.9. The first-order valence-corrected chi connectivity index (χ1v) is 8.60. The number of nitrogens with zero attached hydrogens (tertiary/aromatic N) is 3. The highest BCUT2D eigenvalue weighted by Crippen LogP contribution is 2.50. The van der Waals surface area contributed by atoms with Crippen LogP contribution in [0.25, 0.3) is 0 Å². The predicted octanol–water partition coefficient (Wildman–Crippen LogP) is 4.00. The van der Waals surface area contributed by atoms with Crippen LogP contribution in [0.4, 0.5) is 22.7 Å². The summed E-state index contributed by atoms with van der Waals surface area (Å²) in [5, 5.41) is 0. The van der Waals surface area contributed by atoms with Gasteiger partial charge in [-0.05, 0) is 37.1 Å². The van der Waals surface area contributed by atoms with Crippen molar-refractivity contribution in [2.24, 2.45) is 5.92 Å². The van der Waals surface area contributed by atoms with E-state index in [1.807, 2.05) is 79.3 Å². The van der Waals surface area contributed by atoms with Crippen molar-refractivity contribution in [2.75, 3.05) is 42.9 Å². The second kappa shape index (κ2) is 5.69. The van der Waals surface area contributed by atoms with Gasteiger partial charge in [0.25, 0.3) is 0 Å². The lowest BCUT2D eigenvalue weighted by Crippen LogP contribution is -2.30. The zero-order valence-corrected chi connectivity index (χ0v) is 15.1. The van der Waals surface area contributed by atoms with Gasteiger partial charge in [-0.2, -0.15) is 0 Å².